The van der Waals surface area contributed by atoms with Crippen LogP contribution in [0.4, 0.5) is 10.1 Å². The third kappa shape index (κ3) is 4.73. The van der Waals surface area contributed by atoms with Crippen molar-refractivity contribution < 1.29 is 14.0 Å². The number of nitrogens with one attached hydrogen (secondary N) is 2. The Labute approximate surface area is 158 Å². The molecule has 0 saturated carbocycles. The second-order valence-corrected chi connectivity index (χ2v) is 6.09. The van der Waals surface area contributed by atoms with Crippen molar-refractivity contribution in [1.82, 2.24) is 10.6 Å². The van der Waals surface area contributed by atoms with Gasteiger partial charge in [-0.05, 0) is 54.1 Å². The number of anilines is 1. The first-order chi connectivity index (χ1) is 12.9. The van der Waals surface area contributed by atoms with E-state index in [1.165, 1.54) is 18.3 Å². The lowest BCUT2D eigenvalue weighted by molar-refractivity contribution is -0.118. The molecule has 0 fully saturated rings. The first-order valence-corrected chi connectivity index (χ1v) is 8.68. The second kappa shape index (κ2) is 8.98. The van der Waals surface area contributed by atoms with Gasteiger partial charge in [0.15, 0.2) is 0 Å². The Morgan fingerprint density at radius 1 is 1.22 bits per heavy atom. The van der Waals surface area contributed by atoms with E-state index >= 15 is 0 Å². The number of rotatable bonds is 7. The zero-order chi connectivity index (χ0) is 20.0. The van der Waals surface area contributed by atoms with Crippen molar-refractivity contribution in [3.8, 4) is 11.1 Å². The zero-order valence-corrected chi connectivity index (χ0v) is 15.8. The summed E-state index contributed by atoms with van der Waals surface area (Å²) in [6.45, 7) is 7.37. The predicted octanol–water partition coefficient (Wildman–Crippen LogP) is 3.59. The molecule has 6 heteroatoms. The van der Waals surface area contributed by atoms with Crippen LogP contribution in [0.25, 0.3) is 11.1 Å². The second-order valence-electron chi connectivity index (χ2n) is 6.09. The summed E-state index contributed by atoms with van der Waals surface area (Å²) in [5, 5.41) is 5.27. The van der Waals surface area contributed by atoms with Gasteiger partial charge in [-0.2, -0.15) is 0 Å². The average Bonchev–Trinajstić information content (AvgIpc) is 2.66. The average molecular weight is 369 g/mol. The van der Waals surface area contributed by atoms with Gasteiger partial charge in [0.05, 0.1) is 12.2 Å². The molecule has 2 amide bonds. The molecule has 142 valence electrons. The minimum Gasteiger partial charge on any atom is -0.374 e. The minimum absolute atomic E-state index is 0.0211. The molecule has 0 aromatic heterocycles. The van der Waals surface area contributed by atoms with E-state index in [1.54, 1.807) is 18.0 Å². The molecule has 2 aromatic carbocycles. The number of nitrogens with zero attached hydrogens (tertiary/aromatic N) is 1. The summed E-state index contributed by atoms with van der Waals surface area (Å²) < 4.78 is 14.4. The van der Waals surface area contributed by atoms with Crippen LogP contribution in [-0.2, 0) is 4.79 Å². The Bertz CT molecular complexity index is 865. The van der Waals surface area contributed by atoms with E-state index in [0.717, 1.165) is 16.8 Å². The smallest absolute Gasteiger partial charge is 0.255 e. The van der Waals surface area contributed by atoms with Crippen LogP contribution in [-0.4, -0.2) is 25.5 Å². The molecule has 0 aliphatic carbocycles. The zero-order valence-electron chi connectivity index (χ0n) is 15.8. The Morgan fingerprint density at radius 3 is 2.56 bits per heavy atom. The largest absolute Gasteiger partial charge is 0.374 e. The fraction of sp³-hybridized carbons (Fsp3) is 0.238. The van der Waals surface area contributed by atoms with E-state index in [1.807, 2.05) is 32.0 Å². The van der Waals surface area contributed by atoms with Crippen LogP contribution in [0.5, 0.6) is 0 Å². The predicted molar refractivity (Wildman–Crippen MR) is 106 cm³/mol. The van der Waals surface area contributed by atoms with Crippen molar-refractivity contribution in [2.24, 2.45) is 0 Å². The SMILES string of the molecule is C=CNCNC(=O)c1ccc(-c2ccc(N(C)C(=O)CC)cc2C)cc1F. The highest BCUT2D eigenvalue weighted by Gasteiger charge is 2.14. The molecule has 27 heavy (non-hydrogen) atoms. The Balaban J connectivity index is 2.26. The summed E-state index contributed by atoms with van der Waals surface area (Å²) in [5.41, 5.74) is 3.19. The van der Waals surface area contributed by atoms with Crippen LogP contribution in [0, 0.1) is 12.7 Å². The van der Waals surface area contributed by atoms with E-state index in [2.05, 4.69) is 17.2 Å². The fourth-order valence-corrected chi connectivity index (χ4v) is 2.73. The summed E-state index contributed by atoms with van der Waals surface area (Å²) in [5.74, 6) is -1.07. The maximum atomic E-state index is 14.4. The fourth-order valence-electron chi connectivity index (χ4n) is 2.73. The van der Waals surface area contributed by atoms with Crippen LogP contribution in [0.1, 0.15) is 29.3 Å². The molecule has 0 bridgehead atoms. The first-order valence-electron chi connectivity index (χ1n) is 8.68. The summed E-state index contributed by atoms with van der Waals surface area (Å²) in [4.78, 5) is 25.5. The Morgan fingerprint density at radius 2 is 1.96 bits per heavy atom. The van der Waals surface area contributed by atoms with Gasteiger partial charge < -0.3 is 15.5 Å². The van der Waals surface area contributed by atoms with Crippen molar-refractivity contribution >= 4 is 17.5 Å². The van der Waals surface area contributed by atoms with Gasteiger partial charge in [0.2, 0.25) is 5.91 Å². The van der Waals surface area contributed by atoms with E-state index in [-0.39, 0.29) is 18.1 Å². The minimum atomic E-state index is -0.592. The number of aryl methyl sites for hydroxylation is 1. The van der Waals surface area contributed by atoms with E-state index in [9.17, 15) is 14.0 Å². The number of halogens is 1. The third-order valence-electron chi connectivity index (χ3n) is 4.29. The lowest BCUT2D eigenvalue weighted by Crippen LogP contribution is -2.31. The van der Waals surface area contributed by atoms with Crippen molar-refractivity contribution in [2.75, 3.05) is 18.6 Å². The molecule has 0 saturated heterocycles. The van der Waals surface area contributed by atoms with E-state index in [0.29, 0.717) is 12.0 Å². The highest BCUT2D eigenvalue weighted by molar-refractivity contribution is 5.95. The number of amides is 2. The van der Waals surface area contributed by atoms with Gasteiger partial charge >= 0.3 is 0 Å². The summed E-state index contributed by atoms with van der Waals surface area (Å²) >= 11 is 0. The van der Waals surface area contributed by atoms with Crippen molar-refractivity contribution in [3.63, 3.8) is 0 Å². The molecule has 0 atom stereocenters. The topological polar surface area (TPSA) is 61.4 Å². The highest BCUT2D eigenvalue weighted by Crippen LogP contribution is 2.28. The van der Waals surface area contributed by atoms with Crippen LogP contribution < -0.4 is 15.5 Å². The lowest BCUT2D eigenvalue weighted by Gasteiger charge is -2.18. The van der Waals surface area contributed by atoms with E-state index < -0.39 is 11.7 Å². The standard InChI is InChI=1S/C21H24FN3O2/c1-5-20(26)25(4)16-8-10-17(14(3)11-16)15-7-9-18(19(22)12-15)21(27)24-13-23-6-2/h6-12,23H,2,5,13H2,1,3-4H3,(H,24,27). The van der Waals surface area contributed by atoms with Crippen LogP contribution in [0.3, 0.4) is 0 Å². The molecule has 0 radical (unpaired) electrons. The lowest BCUT2D eigenvalue weighted by atomic mass is 9.98. The maximum Gasteiger partial charge on any atom is 0.255 e. The van der Waals surface area contributed by atoms with Gasteiger partial charge in [0.1, 0.15) is 5.82 Å². The number of carbonyl (C=O) groups excluding carboxylic acids is 2. The van der Waals surface area contributed by atoms with Gasteiger partial charge in [-0.15, -0.1) is 0 Å². The first kappa shape index (κ1) is 20.2. The third-order valence-corrected chi connectivity index (χ3v) is 4.29. The number of carbonyl (C=O) groups is 2. The molecule has 0 aliphatic rings. The quantitative estimate of drug-likeness (QED) is 0.579. The summed E-state index contributed by atoms with van der Waals surface area (Å²) in [6.07, 6.45) is 1.87. The Kier molecular flexibility index (Phi) is 6.71. The molecular formula is C21H24FN3O2. The normalized spacial score (nSPS) is 10.2. The van der Waals surface area contributed by atoms with Gasteiger partial charge in [0, 0.05) is 19.2 Å². The highest BCUT2D eigenvalue weighted by atomic mass is 19.1. The van der Waals surface area contributed by atoms with Crippen molar-refractivity contribution in [3.05, 3.63) is 66.1 Å². The molecule has 0 spiro atoms. The van der Waals surface area contributed by atoms with Crippen molar-refractivity contribution in [1.29, 1.82) is 0 Å². The number of hydrogen-bond donors (Lipinski definition) is 2. The van der Waals surface area contributed by atoms with Crippen LogP contribution in [0.2, 0.25) is 0 Å². The Hall–Kier alpha value is -3.15. The summed E-state index contributed by atoms with van der Waals surface area (Å²) in [7, 11) is 1.73. The van der Waals surface area contributed by atoms with Gasteiger partial charge in [-0.3, -0.25) is 9.59 Å². The molecule has 0 heterocycles. The molecule has 2 rings (SSSR count). The number of hydrogen-bond acceptors (Lipinski definition) is 3. The molecule has 5 nitrogen and oxygen atoms in total. The maximum absolute atomic E-state index is 14.4. The van der Waals surface area contributed by atoms with Gasteiger partial charge in [-0.25, -0.2) is 4.39 Å². The summed E-state index contributed by atoms with van der Waals surface area (Å²) in [6, 6.07) is 10.1. The molecule has 0 unspecified atom stereocenters. The molecular weight excluding hydrogens is 345 g/mol. The van der Waals surface area contributed by atoms with Gasteiger partial charge in [-0.1, -0.05) is 25.6 Å². The van der Waals surface area contributed by atoms with E-state index in [4.69, 9.17) is 0 Å². The number of benzene rings is 2. The van der Waals surface area contributed by atoms with Gasteiger partial charge in [0.25, 0.3) is 5.91 Å². The monoisotopic (exact) mass is 369 g/mol. The molecule has 0 aliphatic heterocycles. The van der Waals surface area contributed by atoms with Crippen LogP contribution in [0.15, 0.2) is 49.2 Å². The molecule has 2 N–H and O–H groups in total. The van der Waals surface area contributed by atoms with Crippen molar-refractivity contribution in [2.45, 2.75) is 20.3 Å². The molecule has 2 aromatic rings. The van der Waals surface area contributed by atoms with Crippen LogP contribution >= 0.6 is 0 Å².